The Morgan fingerprint density at radius 1 is 1.17 bits per heavy atom. The van der Waals surface area contributed by atoms with Crippen molar-refractivity contribution in [2.45, 2.75) is 39.5 Å². The van der Waals surface area contributed by atoms with Crippen molar-refractivity contribution >= 4 is 22.6 Å². The lowest BCUT2D eigenvalue weighted by molar-refractivity contribution is 0.174. The third-order valence-electron chi connectivity index (χ3n) is 7.81. The molecule has 1 atom stereocenters. The number of amidine groups is 1. The number of fused-ring (bicyclic) bond motifs is 1. The number of hydrogen-bond acceptors (Lipinski definition) is 8. The quantitative estimate of drug-likeness (QED) is 0.139. The molecule has 1 saturated heterocycles. The molecule has 1 aliphatic heterocycles. The van der Waals surface area contributed by atoms with Gasteiger partial charge in [0.1, 0.15) is 11.6 Å². The first-order valence-electron chi connectivity index (χ1n) is 13.8. The number of aromatic amines is 1. The Balaban J connectivity index is 1.27. The highest BCUT2D eigenvalue weighted by molar-refractivity contribution is 6.04. The maximum absolute atomic E-state index is 9.79. The molecular formula is C32H31N7O3. The van der Waals surface area contributed by atoms with E-state index in [0.717, 1.165) is 52.2 Å². The van der Waals surface area contributed by atoms with Crippen molar-refractivity contribution in [3.63, 3.8) is 0 Å². The first kappa shape index (κ1) is 27.4. The highest BCUT2D eigenvalue weighted by Gasteiger charge is 2.21. The number of nitrogens with one attached hydrogen (secondary N) is 3. The molecule has 3 aromatic carbocycles. The number of likely N-dealkylation sites (tertiary alicyclic amines) is 1. The zero-order chi connectivity index (χ0) is 29.4. The molecule has 1 aliphatic rings. The number of anilines is 1. The predicted octanol–water partition coefficient (Wildman–Crippen LogP) is 4.87. The largest absolute Gasteiger partial charge is 0.435 e. The Hall–Kier alpha value is -4.82. The van der Waals surface area contributed by atoms with Gasteiger partial charge in [-0.3, -0.25) is 10.3 Å². The van der Waals surface area contributed by atoms with E-state index in [2.05, 4.69) is 31.2 Å². The fourth-order valence-electron chi connectivity index (χ4n) is 5.56. The molecule has 3 heterocycles. The Morgan fingerprint density at radius 3 is 2.67 bits per heavy atom. The molecule has 6 rings (SSSR count). The number of aliphatic hydroxyl groups excluding tert-OH is 2. The molecule has 5 aromatic rings. The third-order valence-corrected chi connectivity index (χ3v) is 7.81. The molecule has 5 N–H and O–H groups in total. The van der Waals surface area contributed by atoms with Crippen LogP contribution in [0.2, 0.25) is 0 Å². The highest BCUT2D eigenvalue weighted by atomic mass is 16.3. The van der Waals surface area contributed by atoms with E-state index in [-0.39, 0.29) is 18.5 Å². The molecule has 10 heteroatoms. The van der Waals surface area contributed by atoms with Crippen LogP contribution in [-0.2, 0) is 13.2 Å². The minimum Gasteiger partial charge on any atom is -0.435 e. The fraction of sp³-hybridized carbons (Fsp3) is 0.250. The number of benzene rings is 3. The molecule has 0 amide bonds. The van der Waals surface area contributed by atoms with Gasteiger partial charge in [-0.25, -0.2) is 9.97 Å². The summed E-state index contributed by atoms with van der Waals surface area (Å²) in [5, 5.41) is 40.8. The van der Waals surface area contributed by atoms with Gasteiger partial charge >= 0.3 is 0 Å². The summed E-state index contributed by atoms with van der Waals surface area (Å²) in [4.78, 5) is 14.4. The number of aliphatic hydroxyl groups is 2. The summed E-state index contributed by atoms with van der Waals surface area (Å²) in [5.41, 5.74) is 8.28. The van der Waals surface area contributed by atoms with Crippen LogP contribution in [0.3, 0.4) is 0 Å². The van der Waals surface area contributed by atoms with Crippen LogP contribution < -0.4 is 5.32 Å². The molecule has 0 spiro atoms. The molecule has 42 heavy (non-hydrogen) atoms. The number of rotatable bonds is 7. The molecule has 10 nitrogen and oxygen atoms in total. The van der Waals surface area contributed by atoms with Crippen LogP contribution in [0.1, 0.15) is 40.2 Å². The Labute approximate surface area is 242 Å². The zero-order valence-corrected chi connectivity index (χ0v) is 23.4. The lowest BCUT2D eigenvalue weighted by Crippen LogP contribution is -2.21. The minimum atomic E-state index is -0.279. The average Bonchev–Trinajstić information content (AvgIpc) is 3.74. The summed E-state index contributed by atoms with van der Waals surface area (Å²) in [7, 11) is 0. The third kappa shape index (κ3) is 5.17. The SMILES string of the molecule is Cc1c(NC(=N)c2ncc(CN3CC[C@H](O)C3)[nH]2)cccc1-c1cccc(-c2nc3cc(CO)cc(C#N)c3o2)c1C. The molecule has 0 aliphatic carbocycles. The van der Waals surface area contributed by atoms with E-state index < -0.39 is 0 Å². The van der Waals surface area contributed by atoms with E-state index in [9.17, 15) is 15.5 Å². The summed E-state index contributed by atoms with van der Waals surface area (Å²) < 4.78 is 6.07. The van der Waals surface area contributed by atoms with E-state index in [1.165, 1.54) is 0 Å². The van der Waals surface area contributed by atoms with Crippen molar-refractivity contribution in [3.8, 4) is 28.7 Å². The lowest BCUT2D eigenvalue weighted by Gasteiger charge is -2.16. The molecular weight excluding hydrogens is 530 g/mol. The molecule has 0 saturated carbocycles. The standard InChI is InChI=1S/C32H31N7O3/c1-18-24(5-3-7-26(18)32-38-28-12-20(17-40)11-21(13-33)29(28)42-32)25-6-4-8-27(19(25)2)37-30(34)31-35-14-22(36-31)15-39-10-9-23(41)16-39/h3-8,11-12,14,23,40-41H,9-10,15-17H2,1-2H3,(H2,34,37)(H,35,36)/t23-/m0/s1. The smallest absolute Gasteiger partial charge is 0.227 e. The second-order valence-electron chi connectivity index (χ2n) is 10.7. The van der Waals surface area contributed by atoms with E-state index in [4.69, 9.17) is 9.83 Å². The molecule has 0 bridgehead atoms. The van der Waals surface area contributed by atoms with Gasteiger partial charge in [0.05, 0.1) is 24.5 Å². The monoisotopic (exact) mass is 561 g/mol. The Morgan fingerprint density at radius 2 is 1.93 bits per heavy atom. The van der Waals surface area contributed by atoms with Gasteiger partial charge < -0.3 is 24.9 Å². The summed E-state index contributed by atoms with van der Waals surface area (Å²) >= 11 is 0. The number of H-pyrrole nitrogens is 1. The van der Waals surface area contributed by atoms with Crippen LogP contribution >= 0.6 is 0 Å². The van der Waals surface area contributed by atoms with Crippen molar-refractivity contribution in [2.24, 2.45) is 0 Å². The zero-order valence-electron chi connectivity index (χ0n) is 23.4. The summed E-state index contributed by atoms with van der Waals surface area (Å²) in [6.07, 6.45) is 2.24. The van der Waals surface area contributed by atoms with Crippen LogP contribution in [0.25, 0.3) is 33.7 Å². The van der Waals surface area contributed by atoms with Gasteiger partial charge in [0.25, 0.3) is 0 Å². The topological polar surface area (TPSA) is 158 Å². The Kier molecular flexibility index (Phi) is 7.31. The lowest BCUT2D eigenvalue weighted by atomic mass is 9.93. The maximum atomic E-state index is 9.79. The number of imidazole rings is 1. The number of oxazole rings is 1. The van der Waals surface area contributed by atoms with Crippen LogP contribution in [0, 0.1) is 30.6 Å². The average molecular weight is 562 g/mol. The first-order chi connectivity index (χ1) is 20.3. The van der Waals surface area contributed by atoms with Crippen LogP contribution in [-0.4, -0.2) is 55.1 Å². The minimum absolute atomic E-state index is 0.162. The maximum Gasteiger partial charge on any atom is 0.227 e. The molecule has 0 unspecified atom stereocenters. The summed E-state index contributed by atoms with van der Waals surface area (Å²) in [6, 6.07) is 17.3. The number of β-amino-alcohol motifs (C(OH)–C–C–N with tert-alkyl or cyclic N) is 1. The highest BCUT2D eigenvalue weighted by Crippen LogP contribution is 2.36. The van der Waals surface area contributed by atoms with Gasteiger partial charge in [0, 0.05) is 36.6 Å². The van der Waals surface area contributed by atoms with Crippen LogP contribution in [0.15, 0.2) is 59.1 Å². The fourth-order valence-corrected chi connectivity index (χ4v) is 5.56. The Bertz CT molecular complexity index is 1850. The van der Waals surface area contributed by atoms with Gasteiger partial charge in [0.15, 0.2) is 17.2 Å². The van der Waals surface area contributed by atoms with E-state index >= 15 is 0 Å². The molecule has 1 fully saturated rings. The summed E-state index contributed by atoms with van der Waals surface area (Å²) in [5.74, 6) is 1.02. The second-order valence-corrected chi connectivity index (χ2v) is 10.7. The number of hydrogen-bond donors (Lipinski definition) is 5. The number of nitriles is 1. The van der Waals surface area contributed by atoms with Crippen molar-refractivity contribution in [3.05, 3.63) is 88.5 Å². The molecule has 212 valence electrons. The molecule has 2 aromatic heterocycles. The van der Waals surface area contributed by atoms with Crippen LogP contribution in [0.5, 0.6) is 0 Å². The van der Waals surface area contributed by atoms with Crippen molar-refractivity contribution < 1.29 is 14.6 Å². The van der Waals surface area contributed by atoms with Gasteiger partial charge in [-0.15, -0.1) is 0 Å². The first-order valence-corrected chi connectivity index (χ1v) is 13.8. The number of nitrogens with zero attached hydrogens (tertiary/aromatic N) is 4. The normalized spacial score (nSPS) is 15.3. The number of aromatic nitrogens is 3. The van der Waals surface area contributed by atoms with Gasteiger partial charge in [0.2, 0.25) is 5.89 Å². The van der Waals surface area contributed by atoms with Gasteiger partial charge in [-0.1, -0.05) is 24.3 Å². The van der Waals surface area contributed by atoms with Crippen LogP contribution in [0.4, 0.5) is 5.69 Å². The van der Waals surface area contributed by atoms with E-state index in [1.807, 2.05) is 50.2 Å². The van der Waals surface area contributed by atoms with Gasteiger partial charge in [-0.05, 0) is 72.4 Å². The van der Waals surface area contributed by atoms with Crippen molar-refractivity contribution in [2.75, 3.05) is 18.4 Å². The van der Waals surface area contributed by atoms with Crippen molar-refractivity contribution in [1.29, 1.82) is 10.7 Å². The molecule has 0 radical (unpaired) electrons. The predicted molar refractivity (Wildman–Crippen MR) is 160 cm³/mol. The van der Waals surface area contributed by atoms with Crippen molar-refractivity contribution in [1.82, 2.24) is 19.9 Å². The van der Waals surface area contributed by atoms with E-state index in [0.29, 0.717) is 47.0 Å². The summed E-state index contributed by atoms with van der Waals surface area (Å²) in [6.45, 7) is 5.98. The van der Waals surface area contributed by atoms with E-state index in [1.54, 1.807) is 18.3 Å². The second kappa shape index (κ2) is 11.2. The van der Waals surface area contributed by atoms with Gasteiger partial charge in [-0.2, -0.15) is 5.26 Å².